The standard InChI is InChI=1S/C13H20N2O2/c1-4-15(11-13(16)14(2)17-3)10-12-8-6-5-7-9-12/h5-9H,4,10-11H2,1-3H3. The zero-order chi connectivity index (χ0) is 12.7. The molecule has 0 aliphatic carbocycles. The van der Waals surface area contributed by atoms with Crippen molar-refractivity contribution < 1.29 is 9.63 Å². The fourth-order valence-electron chi connectivity index (χ4n) is 1.51. The molecule has 1 aromatic rings. The predicted molar refractivity (Wildman–Crippen MR) is 67.2 cm³/mol. The number of hydrogen-bond acceptors (Lipinski definition) is 3. The Balaban J connectivity index is 2.52. The SMILES string of the molecule is CCN(CC(=O)N(C)OC)Cc1ccccc1. The van der Waals surface area contributed by atoms with Crippen LogP contribution in [0.3, 0.4) is 0 Å². The first kappa shape index (κ1) is 13.7. The first-order valence-corrected chi connectivity index (χ1v) is 5.74. The predicted octanol–water partition coefficient (Wildman–Crippen LogP) is 1.53. The molecule has 0 aromatic heterocycles. The highest BCUT2D eigenvalue weighted by Gasteiger charge is 2.13. The number of hydrogen-bond donors (Lipinski definition) is 0. The second-order valence-electron chi connectivity index (χ2n) is 3.86. The van der Waals surface area contributed by atoms with Gasteiger partial charge in [-0.1, -0.05) is 37.3 Å². The van der Waals surface area contributed by atoms with E-state index in [4.69, 9.17) is 4.84 Å². The molecule has 4 heteroatoms. The first-order valence-electron chi connectivity index (χ1n) is 5.74. The Kier molecular flexibility index (Phi) is 5.66. The van der Waals surface area contributed by atoms with Gasteiger partial charge in [-0.15, -0.1) is 0 Å². The van der Waals surface area contributed by atoms with E-state index in [1.165, 1.54) is 17.7 Å². The summed E-state index contributed by atoms with van der Waals surface area (Å²) < 4.78 is 0. The van der Waals surface area contributed by atoms with Crippen LogP contribution in [0.5, 0.6) is 0 Å². The molecule has 1 rings (SSSR count). The fourth-order valence-corrected chi connectivity index (χ4v) is 1.51. The van der Waals surface area contributed by atoms with E-state index in [0.29, 0.717) is 6.54 Å². The molecule has 1 aromatic carbocycles. The van der Waals surface area contributed by atoms with Crippen LogP contribution in [0.4, 0.5) is 0 Å². The van der Waals surface area contributed by atoms with Gasteiger partial charge in [-0.3, -0.25) is 14.5 Å². The normalized spacial score (nSPS) is 10.6. The molecule has 17 heavy (non-hydrogen) atoms. The maximum Gasteiger partial charge on any atom is 0.260 e. The van der Waals surface area contributed by atoms with Crippen LogP contribution in [0.15, 0.2) is 30.3 Å². The Morgan fingerprint density at radius 1 is 1.29 bits per heavy atom. The average molecular weight is 236 g/mol. The number of carbonyl (C=O) groups excluding carboxylic acids is 1. The van der Waals surface area contributed by atoms with E-state index in [2.05, 4.69) is 17.0 Å². The van der Waals surface area contributed by atoms with E-state index in [1.54, 1.807) is 7.05 Å². The summed E-state index contributed by atoms with van der Waals surface area (Å²) in [6.45, 7) is 4.03. The van der Waals surface area contributed by atoms with Gasteiger partial charge in [0.25, 0.3) is 5.91 Å². The van der Waals surface area contributed by atoms with E-state index >= 15 is 0 Å². The molecule has 0 heterocycles. The minimum absolute atomic E-state index is 0.0368. The summed E-state index contributed by atoms with van der Waals surface area (Å²) in [6.07, 6.45) is 0. The third-order valence-electron chi connectivity index (χ3n) is 2.68. The Bertz CT molecular complexity index is 341. The molecule has 0 bridgehead atoms. The highest BCUT2D eigenvalue weighted by atomic mass is 16.7. The van der Waals surface area contributed by atoms with Gasteiger partial charge in [-0.2, -0.15) is 0 Å². The molecule has 0 fully saturated rings. The molecule has 0 unspecified atom stereocenters. The summed E-state index contributed by atoms with van der Waals surface area (Å²) in [5, 5.41) is 1.26. The van der Waals surface area contributed by atoms with Gasteiger partial charge >= 0.3 is 0 Å². The van der Waals surface area contributed by atoms with E-state index in [0.717, 1.165) is 13.1 Å². The average Bonchev–Trinajstić information content (AvgIpc) is 2.38. The topological polar surface area (TPSA) is 32.8 Å². The maximum atomic E-state index is 11.7. The van der Waals surface area contributed by atoms with Crippen LogP contribution < -0.4 is 0 Å². The quantitative estimate of drug-likeness (QED) is 0.702. The van der Waals surface area contributed by atoms with E-state index in [-0.39, 0.29) is 5.91 Å². The number of amides is 1. The van der Waals surface area contributed by atoms with Gasteiger partial charge in [0.2, 0.25) is 0 Å². The lowest BCUT2D eigenvalue weighted by molar-refractivity contribution is -0.169. The minimum atomic E-state index is -0.0368. The summed E-state index contributed by atoms with van der Waals surface area (Å²) in [5.41, 5.74) is 1.21. The van der Waals surface area contributed by atoms with Crippen LogP contribution in [0.2, 0.25) is 0 Å². The summed E-state index contributed by atoms with van der Waals surface area (Å²) >= 11 is 0. The van der Waals surface area contributed by atoms with Gasteiger partial charge in [0.05, 0.1) is 13.7 Å². The maximum absolute atomic E-state index is 11.7. The van der Waals surface area contributed by atoms with Crippen molar-refractivity contribution >= 4 is 5.91 Å². The van der Waals surface area contributed by atoms with Gasteiger partial charge in [0, 0.05) is 13.6 Å². The minimum Gasteiger partial charge on any atom is -0.290 e. The van der Waals surface area contributed by atoms with E-state index < -0.39 is 0 Å². The molecular weight excluding hydrogens is 216 g/mol. The molecule has 0 aliphatic heterocycles. The van der Waals surface area contributed by atoms with Crippen LogP contribution in [-0.4, -0.2) is 43.1 Å². The highest BCUT2D eigenvalue weighted by molar-refractivity contribution is 5.76. The van der Waals surface area contributed by atoms with Crippen molar-refractivity contribution in [1.82, 2.24) is 9.96 Å². The van der Waals surface area contributed by atoms with Crippen molar-refractivity contribution in [1.29, 1.82) is 0 Å². The zero-order valence-corrected chi connectivity index (χ0v) is 10.7. The lowest BCUT2D eigenvalue weighted by Crippen LogP contribution is -2.37. The van der Waals surface area contributed by atoms with Gasteiger partial charge < -0.3 is 0 Å². The summed E-state index contributed by atoms with van der Waals surface area (Å²) in [6, 6.07) is 10.1. The molecule has 0 saturated carbocycles. The lowest BCUT2D eigenvalue weighted by atomic mass is 10.2. The van der Waals surface area contributed by atoms with Crippen molar-refractivity contribution in [3.63, 3.8) is 0 Å². The lowest BCUT2D eigenvalue weighted by Gasteiger charge is -2.22. The summed E-state index contributed by atoms with van der Waals surface area (Å²) in [4.78, 5) is 18.6. The number of hydroxylamine groups is 2. The second kappa shape index (κ2) is 7.04. The largest absolute Gasteiger partial charge is 0.290 e. The third-order valence-corrected chi connectivity index (χ3v) is 2.68. The van der Waals surface area contributed by atoms with Crippen LogP contribution in [0.25, 0.3) is 0 Å². The second-order valence-corrected chi connectivity index (χ2v) is 3.86. The van der Waals surface area contributed by atoms with Crippen molar-refractivity contribution in [3.8, 4) is 0 Å². The van der Waals surface area contributed by atoms with Gasteiger partial charge in [0.15, 0.2) is 0 Å². The number of rotatable bonds is 6. The molecule has 94 valence electrons. The number of benzene rings is 1. The van der Waals surface area contributed by atoms with Crippen molar-refractivity contribution in [2.75, 3.05) is 27.2 Å². The first-order chi connectivity index (χ1) is 8.17. The molecule has 0 aliphatic rings. The summed E-state index contributed by atoms with van der Waals surface area (Å²) in [7, 11) is 3.12. The Morgan fingerprint density at radius 2 is 1.94 bits per heavy atom. The molecular formula is C13H20N2O2. The summed E-state index contributed by atoms with van der Waals surface area (Å²) in [5.74, 6) is -0.0368. The Labute approximate surface area is 103 Å². The fraction of sp³-hybridized carbons (Fsp3) is 0.462. The van der Waals surface area contributed by atoms with Crippen molar-refractivity contribution in [3.05, 3.63) is 35.9 Å². The highest BCUT2D eigenvalue weighted by Crippen LogP contribution is 2.04. The molecule has 0 N–H and O–H groups in total. The smallest absolute Gasteiger partial charge is 0.260 e. The Hall–Kier alpha value is -1.39. The number of nitrogens with zero attached hydrogens (tertiary/aromatic N) is 2. The number of carbonyl (C=O) groups is 1. The van der Waals surface area contributed by atoms with Crippen LogP contribution >= 0.6 is 0 Å². The zero-order valence-electron chi connectivity index (χ0n) is 10.7. The van der Waals surface area contributed by atoms with Crippen LogP contribution in [-0.2, 0) is 16.2 Å². The monoisotopic (exact) mass is 236 g/mol. The molecule has 0 atom stereocenters. The van der Waals surface area contributed by atoms with E-state index in [1.807, 2.05) is 25.1 Å². The molecule has 0 spiro atoms. The van der Waals surface area contributed by atoms with Crippen molar-refractivity contribution in [2.24, 2.45) is 0 Å². The molecule has 0 radical (unpaired) electrons. The van der Waals surface area contributed by atoms with Gasteiger partial charge in [-0.05, 0) is 12.1 Å². The van der Waals surface area contributed by atoms with Gasteiger partial charge in [-0.25, -0.2) is 5.06 Å². The Morgan fingerprint density at radius 3 is 2.47 bits per heavy atom. The molecule has 1 amide bonds. The number of likely N-dealkylation sites (N-methyl/N-ethyl adjacent to an activating group) is 2. The van der Waals surface area contributed by atoms with Gasteiger partial charge in [0.1, 0.15) is 0 Å². The van der Waals surface area contributed by atoms with Crippen LogP contribution in [0.1, 0.15) is 12.5 Å². The molecule has 4 nitrogen and oxygen atoms in total. The van der Waals surface area contributed by atoms with Crippen LogP contribution in [0, 0.1) is 0 Å². The molecule has 0 saturated heterocycles. The third kappa shape index (κ3) is 4.54. The van der Waals surface area contributed by atoms with E-state index in [9.17, 15) is 4.79 Å². The van der Waals surface area contributed by atoms with Crippen molar-refractivity contribution in [2.45, 2.75) is 13.5 Å².